The second kappa shape index (κ2) is 8.55. The van der Waals surface area contributed by atoms with Crippen LogP contribution in [0.5, 0.6) is 17.4 Å². The lowest BCUT2D eigenvalue weighted by Gasteiger charge is -2.13. The first-order chi connectivity index (χ1) is 13.1. The molecule has 0 saturated carbocycles. The zero-order chi connectivity index (χ0) is 20.9. The monoisotopic (exact) mass is 400 g/mol. The van der Waals surface area contributed by atoms with Gasteiger partial charge in [-0.3, -0.25) is 10.1 Å². The molecule has 1 heterocycles. The molecule has 1 aromatic carbocycles. The van der Waals surface area contributed by atoms with Crippen LogP contribution in [0, 0.1) is 10.1 Å². The van der Waals surface area contributed by atoms with E-state index in [1.807, 2.05) is 0 Å². The van der Waals surface area contributed by atoms with Gasteiger partial charge >= 0.3 is 17.8 Å². The standard InChI is InChI=1S/C17H15F3N2O6/c1-3-26-16(23)10(2)27-12-4-6-13(7-5-12)28-15-14(22(24)25)8-11(9-21-15)17(18,19)20/h4-10H,3H2,1-2H3. The topological polar surface area (TPSA) is 101 Å². The summed E-state index contributed by atoms with van der Waals surface area (Å²) in [6.07, 6.45) is -5.18. The maximum Gasteiger partial charge on any atom is 0.418 e. The first kappa shape index (κ1) is 20.9. The minimum atomic E-state index is -4.77. The number of nitro groups is 1. The van der Waals surface area contributed by atoms with Gasteiger partial charge in [0.25, 0.3) is 5.88 Å². The van der Waals surface area contributed by atoms with Crippen LogP contribution in [0.15, 0.2) is 36.5 Å². The van der Waals surface area contributed by atoms with Gasteiger partial charge in [0.05, 0.1) is 17.1 Å². The van der Waals surface area contributed by atoms with Gasteiger partial charge in [0.15, 0.2) is 6.10 Å². The Balaban J connectivity index is 2.16. The number of esters is 1. The van der Waals surface area contributed by atoms with Gasteiger partial charge in [-0.1, -0.05) is 0 Å². The lowest BCUT2D eigenvalue weighted by atomic mass is 10.2. The Labute approximate surface area is 157 Å². The molecule has 0 bridgehead atoms. The number of carbonyl (C=O) groups is 1. The normalized spacial score (nSPS) is 12.2. The minimum Gasteiger partial charge on any atom is -0.479 e. The highest BCUT2D eigenvalue weighted by Crippen LogP contribution is 2.36. The molecule has 0 fully saturated rings. The molecule has 2 rings (SSSR count). The smallest absolute Gasteiger partial charge is 0.418 e. The van der Waals surface area contributed by atoms with Crippen molar-refractivity contribution in [3.63, 3.8) is 0 Å². The Bertz CT molecular complexity index is 855. The fourth-order valence-corrected chi connectivity index (χ4v) is 2.01. The van der Waals surface area contributed by atoms with Gasteiger partial charge in [0, 0.05) is 12.3 Å². The molecular weight excluding hydrogens is 385 g/mol. The average Bonchev–Trinajstić information content (AvgIpc) is 2.62. The zero-order valence-electron chi connectivity index (χ0n) is 14.7. The third-order valence-corrected chi connectivity index (χ3v) is 3.33. The second-order valence-electron chi connectivity index (χ2n) is 5.39. The Kier molecular flexibility index (Phi) is 6.39. The van der Waals surface area contributed by atoms with Gasteiger partial charge < -0.3 is 14.2 Å². The van der Waals surface area contributed by atoms with Crippen LogP contribution in [-0.2, 0) is 15.7 Å². The summed E-state index contributed by atoms with van der Waals surface area (Å²) in [5.41, 5.74) is -2.19. The van der Waals surface area contributed by atoms with Crippen molar-refractivity contribution >= 4 is 11.7 Å². The fourth-order valence-electron chi connectivity index (χ4n) is 2.01. The zero-order valence-corrected chi connectivity index (χ0v) is 14.7. The van der Waals surface area contributed by atoms with E-state index in [-0.39, 0.29) is 12.4 Å². The summed E-state index contributed by atoms with van der Waals surface area (Å²) in [4.78, 5) is 25.0. The molecule has 0 aliphatic rings. The van der Waals surface area contributed by atoms with Gasteiger partial charge in [-0.25, -0.2) is 9.78 Å². The van der Waals surface area contributed by atoms with Crippen LogP contribution in [-0.4, -0.2) is 28.6 Å². The summed E-state index contributed by atoms with van der Waals surface area (Å²) in [6, 6.07) is 5.90. The van der Waals surface area contributed by atoms with Crippen molar-refractivity contribution in [1.82, 2.24) is 4.98 Å². The highest BCUT2D eigenvalue weighted by Gasteiger charge is 2.34. The van der Waals surface area contributed by atoms with E-state index in [4.69, 9.17) is 14.2 Å². The third-order valence-electron chi connectivity index (χ3n) is 3.33. The summed E-state index contributed by atoms with van der Waals surface area (Å²) in [5.74, 6) is -0.770. The van der Waals surface area contributed by atoms with E-state index in [9.17, 15) is 28.1 Å². The highest BCUT2D eigenvalue weighted by atomic mass is 19.4. The van der Waals surface area contributed by atoms with E-state index < -0.39 is 40.3 Å². The fraction of sp³-hybridized carbons (Fsp3) is 0.294. The number of benzene rings is 1. The molecule has 1 aromatic heterocycles. The minimum absolute atomic E-state index is 0.0755. The van der Waals surface area contributed by atoms with Gasteiger partial charge in [-0.2, -0.15) is 13.2 Å². The molecule has 0 radical (unpaired) electrons. The van der Waals surface area contributed by atoms with Gasteiger partial charge in [0.2, 0.25) is 0 Å². The van der Waals surface area contributed by atoms with E-state index in [0.717, 1.165) is 0 Å². The quantitative estimate of drug-likeness (QED) is 0.391. The van der Waals surface area contributed by atoms with E-state index in [1.165, 1.54) is 31.2 Å². The lowest BCUT2D eigenvalue weighted by molar-refractivity contribution is -0.386. The van der Waals surface area contributed by atoms with E-state index >= 15 is 0 Å². The Hall–Kier alpha value is -3.37. The maximum atomic E-state index is 12.7. The maximum absolute atomic E-state index is 12.7. The SMILES string of the molecule is CCOC(=O)C(C)Oc1ccc(Oc2ncc(C(F)(F)F)cc2[N+](=O)[O-])cc1. The molecule has 8 nitrogen and oxygen atoms in total. The van der Waals surface area contributed by atoms with Crippen molar-refractivity contribution in [1.29, 1.82) is 0 Å². The lowest BCUT2D eigenvalue weighted by Crippen LogP contribution is -2.25. The van der Waals surface area contributed by atoms with Crippen LogP contribution in [0.4, 0.5) is 18.9 Å². The number of nitrogens with zero attached hydrogens (tertiary/aromatic N) is 2. The van der Waals surface area contributed by atoms with Gasteiger partial charge in [-0.15, -0.1) is 0 Å². The number of rotatable bonds is 7. The molecule has 2 aromatic rings. The van der Waals surface area contributed by atoms with Crippen LogP contribution in [0.2, 0.25) is 0 Å². The summed E-state index contributed by atoms with van der Waals surface area (Å²) in [7, 11) is 0. The number of alkyl halides is 3. The van der Waals surface area contributed by atoms with Gasteiger partial charge in [-0.05, 0) is 38.1 Å². The summed E-state index contributed by atoms with van der Waals surface area (Å²) >= 11 is 0. The van der Waals surface area contributed by atoms with Crippen molar-refractivity contribution in [2.45, 2.75) is 26.1 Å². The van der Waals surface area contributed by atoms with Crippen molar-refractivity contribution in [2.24, 2.45) is 0 Å². The number of pyridine rings is 1. The largest absolute Gasteiger partial charge is 0.479 e. The molecule has 1 atom stereocenters. The predicted octanol–water partition coefficient (Wildman–Crippen LogP) is 4.13. The number of aromatic nitrogens is 1. The van der Waals surface area contributed by atoms with Crippen molar-refractivity contribution in [2.75, 3.05) is 6.61 Å². The molecule has 0 aliphatic carbocycles. The predicted molar refractivity (Wildman–Crippen MR) is 89.1 cm³/mol. The molecule has 150 valence electrons. The molecule has 1 unspecified atom stereocenters. The number of hydrogen-bond donors (Lipinski definition) is 0. The molecule has 11 heteroatoms. The van der Waals surface area contributed by atoms with Crippen LogP contribution < -0.4 is 9.47 Å². The van der Waals surface area contributed by atoms with Gasteiger partial charge in [0.1, 0.15) is 11.5 Å². The molecular formula is C17H15F3N2O6. The average molecular weight is 400 g/mol. The van der Waals surface area contributed by atoms with E-state index in [2.05, 4.69) is 4.98 Å². The van der Waals surface area contributed by atoms with Crippen LogP contribution in [0.3, 0.4) is 0 Å². The van der Waals surface area contributed by atoms with Crippen molar-refractivity contribution < 1.29 is 37.1 Å². The number of hydrogen-bond acceptors (Lipinski definition) is 7. The summed E-state index contributed by atoms with van der Waals surface area (Å²) in [6.45, 7) is 3.36. The van der Waals surface area contributed by atoms with E-state index in [0.29, 0.717) is 18.0 Å². The van der Waals surface area contributed by atoms with Crippen LogP contribution in [0.1, 0.15) is 19.4 Å². The molecule has 0 aliphatic heterocycles. The Morgan fingerprint density at radius 1 is 1.25 bits per heavy atom. The van der Waals surface area contributed by atoms with E-state index in [1.54, 1.807) is 6.92 Å². The first-order valence-corrected chi connectivity index (χ1v) is 7.94. The highest BCUT2D eigenvalue weighted by molar-refractivity contribution is 5.74. The van der Waals surface area contributed by atoms with Crippen molar-refractivity contribution in [3.8, 4) is 17.4 Å². The Morgan fingerprint density at radius 2 is 1.86 bits per heavy atom. The number of halogens is 3. The summed E-state index contributed by atoms with van der Waals surface area (Å²) in [5, 5.41) is 11.0. The van der Waals surface area contributed by atoms with Crippen LogP contribution in [0.25, 0.3) is 0 Å². The first-order valence-electron chi connectivity index (χ1n) is 7.94. The third kappa shape index (κ3) is 5.32. The van der Waals surface area contributed by atoms with Crippen molar-refractivity contribution in [3.05, 3.63) is 52.2 Å². The second-order valence-corrected chi connectivity index (χ2v) is 5.39. The molecule has 0 spiro atoms. The molecule has 0 saturated heterocycles. The molecule has 0 amide bonds. The number of ether oxygens (including phenoxy) is 3. The summed E-state index contributed by atoms with van der Waals surface area (Å²) < 4.78 is 53.5. The Morgan fingerprint density at radius 3 is 2.39 bits per heavy atom. The van der Waals surface area contributed by atoms with Crippen LogP contribution >= 0.6 is 0 Å². The number of carbonyl (C=O) groups excluding carboxylic acids is 1. The molecule has 0 N–H and O–H groups in total. The molecule has 28 heavy (non-hydrogen) atoms.